The molecular weight excluding hydrogens is 296 g/mol. The normalized spacial score (nSPS) is 13.8. The van der Waals surface area contributed by atoms with Crippen molar-refractivity contribution in [1.82, 2.24) is 9.88 Å². The van der Waals surface area contributed by atoms with Gasteiger partial charge in [0.2, 0.25) is 0 Å². The minimum absolute atomic E-state index is 0.0985. The first-order valence-electron chi connectivity index (χ1n) is 8.35. The highest BCUT2D eigenvalue weighted by atomic mass is 16.2. The number of hydrogen-bond acceptors (Lipinski definition) is 2. The quantitative estimate of drug-likeness (QED) is 0.678. The molecule has 120 valence electrons. The van der Waals surface area contributed by atoms with Crippen molar-refractivity contribution in [2.75, 3.05) is 6.54 Å². The molecular formula is C21H20N2O. The zero-order chi connectivity index (χ0) is 16.7. The molecule has 4 rings (SSSR count). The zero-order valence-corrected chi connectivity index (χ0v) is 14.0. The van der Waals surface area contributed by atoms with E-state index in [-0.39, 0.29) is 5.91 Å². The van der Waals surface area contributed by atoms with Crippen LogP contribution in [-0.2, 0) is 13.0 Å². The smallest absolute Gasteiger partial charge is 0.254 e. The Morgan fingerprint density at radius 1 is 1.08 bits per heavy atom. The summed E-state index contributed by atoms with van der Waals surface area (Å²) in [6, 6.07) is 13.9. The Morgan fingerprint density at radius 3 is 2.62 bits per heavy atom. The van der Waals surface area contributed by atoms with Crippen molar-refractivity contribution in [2.45, 2.75) is 26.8 Å². The highest BCUT2D eigenvalue weighted by Crippen LogP contribution is 2.28. The lowest BCUT2D eigenvalue weighted by atomic mass is 9.94. The van der Waals surface area contributed by atoms with Crippen LogP contribution in [0.1, 0.15) is 32.6 Å². The third-order valence-electron chi connectivity index (χ3n) is 4.99. The van der Waals surface area contributed by atoms with E-state index in [4.69, 9.17) is 0 Å². The number of aromatic nitrogens is 1. The van der Waals surface area contributed by atoms with E-state index in [1.165, 1.54) is 27.6 Å². The number of nitrogens with zero attached hydrogens (tertiary/aromatic N) is 2. The van der Waals surface area contributed by atoms with Crippen LogP contribution in [-0.4, -0.2) is 22.3 Å². The molecule has 0 bridgehead atoms. The Bertz CT molecular complexity index is 931. The van der Waals surface area contributed by atoms with Crippen molar-refractivity contribution in [2.24, 2.45) is 0 Å². The monoisotopic (exact) mass is 316 g/mol. The second-order valence-corrected chi connectivity index (χ2v) is 6.56. The van der Waals surface area contributed by atoms with Gasteiger partial charge in [0.25, 0.3) is 5.91 Å². The van der Waals surface area contributed by atoms with Crippen molar-refractivity contribution in [3.8, 4) is 0 Å². The Balaban J connectivity index is 1.70. The number of fused-ring (bicyclic) bond motifs is 3. The summed E-state index contributed by atoms with van der Waals surface area (Å²) < 4.78 is 0. The van der Waals surface area contributed by atoms with Gasteiger partial charge in [-0.1, -0.05) is 18.2 Å². The highest BCUT2D eigenvalue weighted by molar-refractivity contribution is 5.94. The minimum Gasteiger partial charge on any atom is -0.334 e. The first-order valence-corrected chi connectivity index (χ1v) is 8.35. The largest absolute Gasteiger partial charge is 0.334 e. The molecule has 3 aromatic rings. The minimum atomic E-state index is 0.0985. The summed E-state index contributed by atoms with van der Waals surface area (Å²) in [5, 5.41) is 1.24. The second kappa shape index (κ2) is 5.75. The molecule has 3 heteroatoms. The first kappa shape index (κ1) is 14.9. The van der Waals surface area contributed by atoms with Gasteiger partial charge >= 0.3 is 0 Å². The molecule has 0 radical (unpaired) electrons. The Morgan fingerprint density at radius 2 is 1.83 bits per heavy atom. The van der Waals surface area contributed by atoms with Crippen molar-refractivity contribution in [3.63, 3.8) is 0 Å². The molecule has 0 unspecified atom stereocenters. The molecule has 1 amide bonds. The van der Waals surface area contributed by atoms with E-state index in [0.717, 1.165) is 24.0 Å². The van der Waals surface area contributed by atoms with Gasteiger partial charge in [-0.25, -0.2) is 0 Å². The van der Waals surface area contributed by atoms with Gasteiger partial charge in [0.1, 0.15) is 0 Å². The molecule has 0 saturated heterocycles. The number of amides is 1. The summed E-state index contributed by atoms with van der Waals surface area (Å²) in [6.07, 6.45) is 2.83. The van der Waals surface area contributed by atoms with Gasteiger partial charge in [-0.3, -0.25) is 9.78 Å². The van der Waals surface area contributed by atoms with Gasteiger partial charge in [-0.2, -0.15) is 0 Å². The van der Waals surface area contributed by atoms with E-state index in [9.17, 15) is 4.79 Å². The summed E-state index contributed by atoms with van der Waals surface area (Å²) >= 11 is 0. The molecule has 24 heavy (non-hydrogen) atoms. The second-order valence-electron chi connectivity index (χ2n) is 6.56. The number of pyridine rings is 1. The molecule has 2 aromatic carbocycles. The van der Waals surface area contributed by atoms with Gasteiger partial charge in [0.05, 0.1) is 5.52 Å². The fourth-order valence-corrected chi connectivity index (χ4v) is 3.45. The Hall–Kier alpha value is -2.68. The van der Waals surface area contributed by atoms with Crippen molar-refractivity contribution < 1.29 is 4.79 Å². The molecule has 0 aliphatic carbocycles. The molecule has 0 N–H and O–H groups in total. The van der Waals surface area contributed by atoms with Crippen LogP contribution in [0.2, 0.25) is 0 Å². The van der Waals surface area contributed by atoms with Crippen LogP contribution < -0.4 is 0 Å². The number of carbonyl (C=O) groups excluding carboxylic acids is 1. The topological polar surface area (TPSA) is 33.2 Å². The van der Waals surface area contributed by atoms with Crippen LogP contribution in [0.15, 0.2) is 48.7 Å². The molecule has 1 aliphatic rings. The molecule has 0 spiro atoms. The zero-order valence-electron chi connectivity index (χ0n) is 14.0. The van der Waals surface area contributed by atoms with Crippen molar-refractivity contribution in [1.29, 1.82) is 0 Å². The van der Waals surface area contributed by atoms with E-state index < -0.39 is 0 Å². The average Bonchev–Trinajstić information content (AvgIpc) is 2.62. The third-order valence-corrected chi connectivity index (χ3v) is 4.99. The Kier molecular flexibility index (Phi) is 3.57. The maximum atomic E-state index is 12.7. The molecule has 1 aliphatic heterocycles. The number of hydrogen-bond donors (Lipinski definition) is 0. The van der Waals surface area contributed by atoms with Crippen LogP contribution >= 0.6 is 0 Å². The Labute approximate surface area is 141 Å². The molecule has 3 nitrogen and oxygen atoms in total. The fourth-order valence-electron chi connectivity index (χ4n) is 3.45. The lowest BCUT2D eigenvalue weighted by Crippen LogP contribution is -2.36. The molecule has 0 fully saturated rings. The van der Waals surface area contributed by atoms with E-state index in [0.29, 0.717) is 6.54 Å². The van der Waals surface area contributed by atoms with Crippen LogP contribution in [0.4, 0.5) is 0 Å². The number of rotatable bonds is 1. The summed E-state index contributed by atoms with van der Waals surface area (Å²) in [5.74, 6) is 0.0985. The summed E-state index contributed by atoms with van der Waals surface area (Å²) in [6.45, 7) is 5.66. The van der Waals surface area contributed by atoms with Crippen LogP contribution in [0, 0.1) is 13.8 Å². The van der Waals surface area contributed by atoms with E-state index >= 15 is 0 Å². The lowest BCUT2D eigenvalue weighted by Gasteiger charge is -2.29. The van der Waals surface area contributed by atoms with Crippen molar-refractivity contribution in [3.05, 3.63) is 76.5 Å². The van der Waals surface area contributed by atoms with Gasteiger partial charge in [0.15, 0.2) is 0 Å². The molecule has 2 heterocycles. The van der Waals surface area contributed by atoms with E-state index in [1.807, 2.05) is 41.4 Å². The number of carbonyl (C=O) groups is 1. The van der Waals surface area contributed by atoms with Gasteiger partial charge in [-0.15, -0.1) is 0 Å². The number of benzene rings is 2. The number of aryl methyl sites for hydroxylation is 2. The summed E-state index contributed by atoms with van der Waals surface area (Å²) in [4.78, 5) is 19.2. The fraction of sp³-hybridized carbons (Fsp3) is 0.238. The predicted octanol–water partition coefficient (Wildman–Crippen LogP) is 4.05. The summed E-state index contributed by atoms with van der Waals surface area (Å²) in [5.41, 5.74) is 6.88. The van der Waals surface area contributed by atoms with Gasteiger partial charge in [-0.05, 0) is 66.8 Å². The maximum Gasteiger partial charge on any atom is 0.254 e. The van der Waals surface area contributed by atoms with Crippen LogP contribution in [0.5, 0.6) is 0 Å². The SMILES string of the molecule is Cc1cc2ncc3c(c2cc1C)CCN(C(=O)c1ccccc1)C3. The highest BCUT2D eigenvalue weighted by Gasteiger charge is 2.23. The average molecular weight is 316 g/mol. The van der Waals surface area contributed by atoms with Crippen molar-refractivity contribution >= 4 is 16.8 Å². The standard InChI is InChI=1S/C21H20N2O/c1-14-10-19-18-8-9-23(21(24)16-6-4-3-5-7-16)13-17(18)12-22-20(19)11-15(14)2/h3-7,10-12H,8-9,13H2,1-2H3. The third kappa shape index (κ3) is 2.46. The van der Waals surface area contributed by atoms with E-state index in [2.05, 4.69) is 31.0 Å². The molecule has 1 aromatic heterocycles. The van der Waals surface area contributed by atoms with Gasteiger partial charge < -0.3 is 4.90 Å². The molecule has 0 saturated carbocycles. The van der Waals surface area contributed by atoms with Gasteiger partial charge in [0, 0.05) is 30.2 Å². The van der Waals surface area contributed by atoms with Crippen LogP contribution in [0.25, 0.3) is 10.9 Å². The lowest BCUT2D eigenvalue weighted by molar-refractivity contribution is 0.0735. The molecule has 0 atom stereocenters. The first-order chi connectivity index (χ1) is 11.6. The maximum absolute atomic E-state index is 12.7. The van der Waals surface area contributed by atoms with Crippen LogP contribution in [0.3, 0.4) is 0 Å². The van der Waals surface area contributed by atoms with E-state index in [1.54, 1.807) is 0 Å². The predicted molar refractivity (Wildman–Crippen MR) is 96.1 cm³/mol. The summed E-state index contributed by atoms with van der Waals surface area (Å²) in [7, 11) is 0.